The van der Waals surface area contributed by atoms with E-state index in [1.165, 1.54) is 6.07 Å². The molecule has 0 aliphatic rings. The molecule has 2 aromatic rings. The van der Waals surface area contributed by atoms with E-state index in [-0.39, 0.29) is 11.5 Å². The first kappa shape index (κ1) is 15.2. The van der Waals surface area contributed by atoms with Gasteiger partial charge in [0.05, 0.1) is 5.69 Å². The van der Waals surface area contributed by atoms with Crippen LogP contribution in [0.15, 0.2) is 46.0 Å². The van der Waals surface area contributed by atoms with Crippen molar-refractivity contribution in [2.75, 3.05) is 5.32 Å². The molecule has 0 aliphatic heterocycles. The van der Waals surface area contributed by atoms with Gasteiger partial charge in [-0.3, -0.25) is 0 Å². The summed E-state index contributed by atoms with van der Waals surface area (Å²) in [7, 11) is 0. The highest BCUT2D eigenvalue weighted by atomic mass is 79.9. The summed E-state index contributed by atoms with van der Waals surface area (Å²) in [6.45, 7) is 0.345. The van der Waals surface area contributed by atoms with E-state index in [2.05, 4.69) is 26.4 Å². The third-order valence-corrected chi connectivity index (χ3v) is 3.46. The van der Waals surface area contributed by atoms with Gasteiger partial charge in [0.2, 0.25) is 0 Å². The molecule has 110 valence electrons. The number of rotatable bonds is 4. The van der Waals surface area contributed by atoms with Gasteiger partial charge in [0.1, 0.15) is 11.6 Å². The number of amidine groups is 1. The van der Waals surface area contributed by atoms with E-state index >= 15 is 0 Å². The Bertz CT molecular complexity index is 651. The normalized spacial score (nSPS) is 11.5. The van der Waals surface area contributed by atoms with Crippen LogP contribution in [0.2, 0.25) is 0 Å². The maximum absolute atomic E-state index is 13.6. The highest BCUT2D eigenvalue weighted by Crippen LogP contribution is 2.27. The van der Waals surface area contributed by atoms with Crippen molar-refractivity contribution < 1.29 is 14.0 Å². The van der Waals surface area contributed by atoms with E-state index in [9.17, 15) is 8.78 Å². The summed E-state index contributed by atoms with van der Waals surface area (Å²) >= 11 is 3.11. The fraction of sp³-hybridized carbons (Fsp3) is 0.0714. The second-order valence-corrected chi connectivity index (χ2v) is 5.13. The van der Waals surface area contributed by atoms with Crippen LogP contribution in [-0.2, 0) is 6.54 Å². The van der Waals surface area contributed by atoms with Gasteiger partial charge in [0.25, 0.3) is 0 Å². The minimum atomic E-state index is -0.671. The van der Waals surface area contributed by atoms with Gasteiger partial charge in [-0.1, -0.05) is 29.4 Å². The lowest BCUT2D eigenvalue weighted by atomic mass is 10.1. The monoisotopic (exact) mass is 355 g/mol. The number of hydrogen-bond acceptors (Lipinski definition) is 3. The van der Waals surface area contributed by atoms with Crippen molar-refractivity contribution in [2.24, 2.45) is 10.9 Å². The molecule has 0 aromatic heterocycles. The highest BCUT2D eigenvalue weighted by Gasteiger charge is 2.09. The van der Waals surface area contributed by atoms with Crippen molar-refractivity contribution in [1.29, 1.82) is 0 Å². The largest absolute Gasteiger partial charge is 0.409 e. The Morgan fingerprint density at radius 3 is 2.48 bits per heavy atom. The zero-order chi connectivity index (χ0) is 15.4. The predicted molar refractivity (Wildman–Crippen MR) is 80.3 cm³/mol. The molecule has 0 amide bonds. The van der Waals surface area contributed by atoms with Crippen LogP contribution in [0.1, 0.15) is 11.1 Å². The lowest BCUT2D eigenvalue weighted by Gasteiger charge is -2.10. The van der Waals surface area contributed by atoms with Gasteiger partial charge in [-0.15, -0.1) is 0 Å². The second kappa shape index (κ2) is 6.53. The first-order valence-electron chi connectivity index (χ1n) is 5.96. The fourth-order valence-electron chi connectivity index (χ4n) is 1.75. The van der Waals surface area contributed by atoms with Crippen LogP contribution >= 0.6 is 15.9 Å². The number of hydrogen-bond donors (Lipinski definition) is 3. The molecule has 0 saturated carbocycles. The molecule has 0 aliphatic carbocycles. The first-order chi connectivity index (χ1) is 10.0. The van der Waals surface area contributed by atoms with Gasteiger partial charge in [-0.2, -0.15) is 0 Å². The number of oxime groups is 1. The standard InChI is InChI=1S/C14H12BrF2N3O/c15-11-5-10(16)6-12(17)13(11)19-7-8-1-3-9(4-2-8)14(18)20-21/h1-6,19,21H,7H2,(H2,18,20). The second-order valence-electron chi connectivity index (χ2n) is 4.28. The summed E-state index contributed by atoms with van der Waals surface area (Å²) in [6, 6.07) is 8.89. The quantitative estimate of drug-likeness (QED) is 0.340. The molecule has 0 fully saturated rings. The molecule has 0 atom stereocenters. The minimum Gasteiger partial charge on any atom is -0.409 e. The number of nitrogens with zero attached hydrogens (tertiary/aromatic N) is 1. The summed E-state index contributed by atoms with van der Waals surface area (Å²) in [5.74, 6) is -1.30. The Hall–Kier alpha value is -2.15. The van der Waals surface area contributed by atoms with Gasteiger partial charge in [-0.05, 0) is 27.6 Å². The van der Waals surface area contributed by atoms with Crippen LogP contribution in [0.25, 0.3) is 0 Å². The maximum Gasteiger partial charge on any atom is 0.170 e. The molecule has 0 spiro atoms. The number of benzene rings is 2. The molecular formula is C14H12BrF2N3O. The third-order valence-electron chi connectivity index (χ3n) is 2.83. The van der Waals surface area contributed by atoms with Crippen LogP contribution < -0.4 is 11.1 Å². The van der Waals surface area contributed by atoms with Gasteiger partial charge in [-0.25, -0.2) is 8.78 Å². The molecule has 4 nitrogen and oxygen atoms in total. The van der Waals surface area contributed by atoms with Crippen LogP contribution in [0.3, 0.4) is 0 Å². The van der Waals surface area contributed by atoms with Crippen LogP contribution in [0.5, 0.6) is 0 Å². The third kappa shape index (κ3) is 3.69. The molecule has 0 saturated heterocycles. The summed E-state index contributed by atoms with van der Waals surface area (Å²) < 4.78 is 26.9. The van der Waals surface area contributed by atoms with E-state index in [1.54, 1.807) is 24.3 Å². The molecule has 2 aromatic carbocycles. The highest BCUT2D eigenvalue weighted by molar-refractivity contribution is 9.10. The van der Waals surface area contributed by atoms with E-state index < -0.39 is 11.6 Å². The Kier molecular flexibility index (Phi) is 4.74. The number of anilines is 1. The number of nitrogens with two attached hydrogens (primary N) is 1. The van der Waals surface area contributed by atoms with Gasteiger partial charge in [0.15, 0.2) is 5.84 Å². The zero-order valence-electron chi connectivity index (χ0n) is 10.8. The molecule has 7 heteroatoms. The molecule has 21 heavy (non-hydrogen) atoms. The lowest BCUT2D eigenvalue weighted by Crippen LogP contribution is -2.13. The van der Waals surface area contributed by atoms with Crippen molar-refractivity contribution in [2.45, 2.75) is 6.54 Å². The molecule has 2 rings (SSSR count). The molecule has 0 bridgehead atoms. The molecule has 0 heterocycles. The van der Waals surface area contributed by atoms with Crippen LogP contribution in [-0.4, -0.2) is 11.0 Å². The molecule has 0 radical (unpaired) electrons. The van der Waals surface area contributed by atoms with Crippen molar-refractivity contribution >= 4 is 27.5 Å². The Morgan fingerprint density at radius 2 is 1.90 bits per heavy atom. The van der Waals surface area contributed by atoms with Crippen molar-refractivity contribution in [1.82, 2.24) is 0 Å². The minimum absolute atomic E-state index is 0.0156. The Morgan fingerprint density at radius 1 is 1.24 bits per heavy atom. The summed E-state index contributed by atoms with van der Waals surface area (Å²) in [5, 5.41) is 14.4. The number of nitrogens with one attached hydrogen (secondary N) is 1. The van der Waals surface area contributed by atoms with Crippen molar-refractivity contribution in [3.8, 4) is 0 Å². The SMILES string of the molecule is NC(=NO)c1ccc(CNc2c(F)cc(F)cc2Br)cc1. The topological polar surface area (TPSA) is 70.6 Å². The van der Waals surface area contributed by atoms with Crippen LogP contribution in [0.4, 0.5) is 14.5 Å². The molecular weight excluding hydrogens is 344 g/mol. The summed E-state index contributed by atoms with van der Waals surface area (Å²) in [6.07, 6.45) is 0. The van der Waals surface area contributed by atoms with Crippen molar-refractivity contribution in [3.05, 3.63) is 63.6 Å². The van der Waals surface area contributed by atoms with E-state index in [0.29, 0.717) is 16.6 Å². The van der Waals surface area contributed by atoms with E-state index in [4.69, 9.17) is 10.9 Å². The smallest absolute Gasteiger partial charge is 0.170 e. The summed E-state index contributed by atoms with van der Waals surface area (Å²) in [4.78, 5) is 0. The predicted octanol–water partition coefficient (Wildman–Crippen LogP) is 3.43. The maximum atomic E-state index is 13.6. The van der Waals surface area contributed by atoms with E-state index in [0.717, 1.165) is 11.6 Å². The fourth-order valence-corrected chi connectivity index (χ4v) is 2.30. The van der Waals surface area contributed by atoms with Gasteiger partial charge in [0, 0.05) is 22.6 Å². The van der Waals surface area contributed by atoms with Gasteiger partial charge < -0.3 is 16.3 Å². The Labute approximate surface area is 128 Å². The average Bonchev–Trinajstić information content (AvgIpc) is 2.46. The lowest BCUT2D eigenvalue weighted by molar-refractivity contribution is 0.318. The van der Waals surface area contributed by atoms with E-state index in [1.807, 2.05) is 0 Å². The Balaban J connectivity index is 2.10. The summed E-state index contributed by atoms with van der Waals surface area (Å²) in [5.41, 5.74) is 7.09. The van der Waals surface area contributed by atoms with Gasteiger partial charge >= 0.3 is 0 Å². The first-order valence-corrected chi connectivity index (χ1v) is 6.76. The number of halogens is 3. The van der Waals surface area contributed by atoms with Crippen molar-refractivity contribution in [3.63, 3.8) is 0 Å². The molecule has 4 N–H and O–H groups in total. The van der Waals surface area contributed by atoms with Crippen LogP contribution in [0, 0.1) is 11.6 Å². The molecule has 0 unspecified atom stereocenters. The average molecular weight is 356 g/mol. The zero-order valence-corrected chi connectivity index (χ0v) is 12.4.